The summed E-state index contributed by atoms with van der Waals surface area (Å²) >= 11 is 3.48. The van der Waals surface area contributed by atoms with Gasteiger partial charge in [0, 0.05) is 15.5 Å². The lowest BCUT2D eigenvalue weighted by atomic mass is 9.95. The van der Waals surface area contributed by atoms with Crippen LogP contribution in [0.15, 0.2) is 53.0 Å². The Bertz CT molecular complexity index is 845. The molecule has 3 aromatic rings. The van der Waals surface area contributed by atoms with Gasteiger partial charge in [-0.1, -0.05) is 54.9 Å². The molecule has 0 N–H and O–H groups in total. The predicted molar refractivity (Wildman–Crippen MR) is 92.3 cm³/mol. The fraction of sp³-hybridized carbons (Fsp3) is 0.222. The second kappa shape index (κ2) is 5.36. The molecule has 3 rings (SSSR count). The summed E-state index contributed by atoms with van der Waals surface area (Å²) in [6.45, 7) is 6.20. The van der Waals surface area contributed by atoms with Crippen LogP contribution < -0.4 is 0 Å². The maximum absolute atomic E-state index is 13.0. The number of carbonyl (C=O) groups excluding carboxylic acids is 1. The largest absolute Gasteiger partial charge is 0.268 e. The lowest BCUT2D eigenvalue weighted by molar-refractivity contribution is 0.0957. The highest BCUT2D eigenvalue weighted by Crippen LogP contribution is 2.29. The molecule has 0 aliphatic rings. The van der Waals surface area contributed by atoms with Gasteiger partial charge < -0.3 is 0 Å². The lowest BCUT2D eigenvalue weighted by Gasteiger charge is -2.19. The number of benzene rings is 2. The van der Waals surface area contributed by atoms with Crippen LogP contribution in [0.4, 0.5) is 0 Å². The predicted octanol–water partition coefficient (Wildman–Crippen LogP) is 4.78. The molecule has 0 amide bonds. The number of nitrogens with zero attached hydrogens (tertiary/aromatic N) is 2. The summed E-state index contributed by atoms with van der Waals surface area (Å²) < 4.78 is 2.66. The molecule has 0 saturated heterocycles. The Labute approximate surface area is 138 Å². The Balaban J connectivity index is 2.30. The third kappa shape index (κ3) is 2.59. The first-order chi connectivity index (χ1) is 10.4. The number of hydrogen-bond donors (Lipinski definition) is 0. The molecule has 112 valence electrons. The van der Waals surface area contributed by atoms with Gasteiger partial charge in [-0.2, -0.15) is 0 Å². The molecule has 0 spiro atoms. The molecule has 22 heavy (non-hydrogen) atoms. The van der Waals surface area contributed by atoms with E-state index < -0.39 is 0 Å². The molecule has 3 nitrogen and oxygen atoms in total. The summed E-state index contributed by atoms with van der Waals surface area (Å²) in [6.07, 6.45) is 0. The van der Waals surface area contributed by atoms with Crippen LogP contribution >= 0.6 is 15.9 Å². The van der Waals surface area contributed by atoms with E-state index in [4.69, 9.17) is 4.98 Å². The molecule has 0 aliphatic heterocycles. The normalized spacial score (nSPS) is 11.8. The van der Waals surface area contributed by atoms with E-state index in [1.54, 1.807) is 4.57 Å². The molecule has 2 aromatic carbocycles. The molecule has 0 fully saturated rings. The van der Waals surface area contributed by atoms with E-state index in [1.807, 2.05) is 48.5 Å². The second-order valence-electron chi connectivity index (χ2n) is 6.33. The van der Waals surface area contributed by atoms with Crippen molar-refractivity contribution in [2.75, 3.05) is 0 Å². The average molecular weight is 357 g/mol. The molecular formula is C18H17BrN2O. The van der Waals surface area contributed by atoms with Gasteiger partial charge in [0.25, 0.3) is 5.91 Å². The number of rotatable bonds is 1. The molecular weight excluding hydrogens is 340 g/mol. The van der Waals surface area contributed by atoms with E-state index in [0.29, 0.717) is 5.56 Å². The van der Waals surface area contributed by atoms with Crippen LogP contribution in [0.2, 0.25) is 0 Å². The van der Waals surface area contributed by atoms with Gasteiger partial charge in [0.05, 0.1) is 11.0 Å². The minimum absolute atomic E-state index is 0.0499. The fourth-order valence-electron chi connectivity index (χ4n) is 2.47. The Morgan fingerprint density at radius 1 is 1.09 bits per heavy atom. The summed E-state index contributed by atoms with van der Waals surface area (Å²) in [7, 11) is 0. The monoisotopic (exact) mass is 356 g/mol. The Morgan fingerprint density at radius 3 is 2.41 bits per heavy atom. The van der Waals surface area contributed by atoms with Crippen molar-refractivity contribution in [2.24, 2.45) is 0 Å². The number of hydrogen-bond acceptors (Lipinski definition) is 2. The van der Waals surface area contributed by atoms with Gasteiger partial charge in [0.2, 0.25) is 0 Å². The van der Waals surface area contributed by atoms with Crippen LogP contribution in [0.25, 0.3) is 11.0 Å². The highest BCUT2D eigenvalue weighted by molar-refractivity contribution is 9.10. The molecule has 0 atom stereocenters. The van der Waals surface area contributed by atoms with Gasteiger partial charge in [0.1, 0.15) is 5.82 Å². The Morgan fingerprint density at radius 2 is 1.77 bits per heavy atom. The van der Waals surface area contributed by atoms with Gasteiger partial charge >= 0.3 is 0 Å². The zero-order chi connectivity index (χ0) is 15.9. The number of halogens is 1. The second-order valence-corrected chi connectivity index (χ2v) is 7.24. The standard InChI is InChI=1S/C18H17BrN2O/c1-18(2,3)17-20-14-10-9-13(19)11-15(14)21(17)16(22)12-7-5-4-6-8-12/h4-11H,1-3H3. The molecule has 0 unspecified atom stereocenters. The summed E-state index contributed by atoms with van der Waals surface area (Å²) in [5.74, 6) is 0.723. The van der Waals surface area contributed by atoms with Gasteiger partial charge in [-0.25, -0.2) is 4.98 Å². The summed E-state index contributed by atoms with van der Waals surface area (Å²) in [4.78, 5) is 17.7. The van der Waals surface area contributed by atoms with E-state index in [1.165, 1.54) is 0 Å². The summed E-state index contributed by atoms with van der Waals surface area (Å²) in [5, 5.41) is 0. The van der Waals surface area contributed by atoms with Crippen molar-refractivity contribution < 1.29 is 4.79 Å². The number of aromatic nitrogens is 2. The topological polar surface area (TPSA) is 34.9 Å². The SMILES string of the molecule is CC(C)(C)c1nc2ccc(Br)cc2n1C(=O)c1ccccc1. The van der Waals surface area contributed by atoms with Gasteiger partial charge in [-0.15, -0.1) is 0 Å². The molecule has 0 bridgehead atoms. The van der Waals surface area contributed by atoms with Gasteiger partial charge in [-0.3, -0.25) is 9.36 Å². The Hall–Kier alpha value is -1.94. The van der Waals surface area contributed by atoms with E-state index >= 15 is 0 Å². The highest BCUT2D eigenvalue weighted by atomic mass is 79.9. The minimum atomic E-state index is -0.226. The lowest BCUT2D eigenvalue weighted by Crippen LogP contribution is -2.24. The van der Waals surface area contributed by atoms with Crippen molar-refractivity contribution in [1.29, 1.82) is 0 Å². The van der Waals surface area contributed by atoms with Crippen LogP contribution in [0.5, 0.6) is 0 Å². The zero-order valence-electron chi connectivity index (χ0n) is 12.8. The number of fused-ring (bicyclic) bond motifs is 1. The Kier molecular flexibility index (Phi) is 3.65. The first-order valence-corrected chi connectivity index (χ1v) is 7.95. The van der Waals surface area contributed by atoms with Gasteiger partial charge in [0.15, 0.2) is 0 Å². The molecule has 1 heterocycles. The summed E-state index contributed by atoms with van der Waals surface area (Å²) in [5.41, 5.74) is 2.09. The van der Waals surface area contributed by atoms with Crippen molar-refractivity contribution in [1.82, 2.24) is 9.55 Å². The molecule has 0 aliphatic carbocycles. The smallest absolute Gasteiger partial charge is 0.263 e. The maximum Gasteiger partial charge on any atom is 0.263 e. The van der Waals surface area contributed by atoms with Gasteiger partial charge in [-0.05, 0) is 30.3 Å². The van der Waals surface area contributed by atoms with E-state index in [0.717, 1.165) is 21.3 Å². The first kappa shape index (κ1) is 15.0. The van der Waals surface area contributed by atoms with Crippen LogP contribution in [0.3, 0.4) is 0 Å². The van der Waals surface area contributed by atoms with E-state index in [-0.39, 0.29) is 11.3 Å². The molecule has 0 saturated carbocycles. The molecule has 4 heteroatoms. The first-order valence-electron chi connectivity index (χ1n) is 7.16. The van der Waals surface area contributed by atoms with Crippen molar-refractivity contribution in [3.63, 3.8) is 0 Å². The molecule has 1 aromatic heterocycles. The van der Waals surface area contributed by atoms with E-state index in [2.05, 4.69) is 36.7 Å². The van der Waals surface area contributed by atoms with Crippen molar-refractivity contribution in [3.05, 3.63) is 64.4 Å². The quantitative estimate of drug-likeness (QED) is 0.628. The van der Waals surface area contributed by atoms with Crippen molar-refractivity contribution in [3.8, 4) is 0 Å². The average Bonchev–Trinajstić information content (AvgIpc) is 2.86. The van der Waals surface area contributed by atoms with Crippen molar-refractivity contribution in [2.45, 2.75) is 26.2 Å². The number of imidazole rings is 1. The van der Waals surface area contributed by atoms with Crippen LogP contribution in [0, 0.1) is 0 Å². The third-order valence-corrected chi connectivity index (χ3v) is 4.00. The summed E-state index contributed by atoms with van der Waals surface area (Å²) in [6, 6.07) is 15.1. The van der Waals surface area contributed by atoms with Crippen LogP contribution in [0.1, 0.15) is 37.0 Å². The third-order valence-electron chi connectivity index (χ3n) is 3.51. The van der Waals surface area contributed by atoms with Crippen LogP contribution in [-0.2, 0) is 5.41 Å². The van der Waals surface area contributed by atoms with Crippen LogP contribution in [-0.4, -0.2) is 15.5 Å². The molecule has 0 radical (unpaired) electrons. The minimum Gasteiger partial charge on any atom is -0.268 e. The number of carbonyl (C=O) groups is 1. The maximum atomic E-state index is 13.0. The van der Waals surface area contributed by atoms with Crippen molar-refractivity contribution >= 4 is 32.9 Å². The highest BCUT2D eigenvalue weighted by Gasteiger charge is 2.26. The fourth-order valence-corrected chi connectivity index (χ4v) is 2.82. The zero-order valence-corrected chi connectivity index (χ0v) is 14.4. The van der Waals surface area contributed by atoms with E-state index in [9.17, 15) is 4.79 Å².